The van der Waals surface area contributed by atoms with Gasteiger partial charge in [-0.25, -0.2) is 0 Å². The minimum absolute atomic E-state index is 0.0356. The van der Waals surface area contributed by atoms with Crippen molar-refractivity contribution in [2.75, 3.05) is 24.2 Å². The fraction of sp³-hybridized carbons (Fsp3) is 0.263. The Morgan fingerprint density at radius 1 is 1.08 bits per heavy atom. The summed E-state index contributed by atoms with van der Waals surface area (Å²) in [6.45, 7) is 5.19. The molecule has 0 heterocycles. The predicted octanol–water partition coefficient (Wildman–Crippen LogP) is 4.55. The number of thioether (sulfide) groups is 1. The van der Waals surface area contributed by atoms with Crippen molar-refractivity contribution in [3.05, 3.63) is 59.1 Å². The average molecular weight is 377 g/mol. The van der Waals surface area contributed by atoms with E-state index in [9.17, 15) is 9.59 Å². The van der Waals surface area contributed by atoms with Crippen LogP contribution in [0.4, 0.5) is 5.69 Å². The van der Waals surface area contributed by atoms with Crippen molar-refractivity contribution in [2.24, 2.45) is 0 Å². The number of carbonyl (C=O) groups excluding carboxylic acids is 2. The molecule has 0 saturated carbocycles. The summed E-state index contributed by atoms with van der Waals surface area (Å²) in [6.07, 6.45) is 0. The lowest BCUT2D eigenvalue weighted by Crippen LogP contribution is -2.30. The van der Waals surface area contributed by atoms with Gasteiger partial charge < -0.3 is 10.2 Å². The van der Waals surface area contributed by atoms with Gasteiger partial charge in [0.05, 0.1) is 10.8 Å². The Labute approximate surface area is 157 Å². The lowest BCUT2D eigenvalue weighted by Gasteiger charge is -2.19. The van der Waals surface area contributed by atoms with E-state index in [-0.39, 0.29) is 17.6 Å². The zero-order chi connectivity index (χ0) is 18.2. The molecule has 0 saturated heterocycles. The maximum atomic E-state index is 12.4. The summed E-state index contributed by atoms with van der Waals surface area (Å²) in [5.41, 5.74) is 1.18. The zero-order valence-electron chi connectivity index (χ0n) is 14.3. The van der Waals surface area contributed by atoms with E-state index in [1.165, 1.54) is 11.8 Å². The maximum Gasteiger partial charge on any atom is 0.253 e. The van der Waals surface area contributed by atoms with Gasteiger partial charge >= 0.3 is 0 Å². The molecule has 2 rings (SSSR count). The number of rotatable bonds is 7. The number of halogens is 1. The van der Waals surface area contributed by atoms with E-state index in [1.807, 2.05) is 32.0 Å². The maximum absolute atomic E-state index is 12.4. The second-order valence-corrected chi connectivity index (χ2v) is 6.75. The van der Waals surface area contributed by atoms with Crippen molar-refractivity contribution in [2.45, 2.75) is 18.7 Å². The van der Waals surface area contributed by atoms with Crippen LogP contribution in [0.15, 0.2) is 53.4 Å². The number of hydrogen-bond acceptors (Lipinski definition) is 3. The molecule has 2 aromatic carbocycles. The third kappa shape index (κ3) is 5.51. The molecule has 0 aliphatic rings. The molecule has 6 heteroatoms. The molecular weight excluding hydrogens is 356 g/mol. The van der Waals surface area contributed by atoms with Crippen LogP contribution >= 0.6 is 23.4 Å². The van der Waals surface area contributed by atoms with E-state index in [4.69, 9.17) is 11.6 Å². The summed E-state index contributed by atoms with van der Waals surface area (Å²) in [5, 5.41) is 3.46. The molecule has 0 unspecified atom stereocenters. The van der Waals surface area contributed by atoms with Crippen LogP contribution < -0.4 is 5.32 Å². The highest BCUT2D eigenvalue weighted by Gasteiger charge is 2.13. The van der Waals surface area contributed by atoms with E-state index < -0.39 is 0 Å². The van der Waals surface area contributed by atoms with E-state index in [1.54, 1.807) is 35.2 Å². The van der Waals surface area contributed by atoms with E-state index >= 15 is 0 Å². The number of nitrogens with zero attached hydrogens (tertiary/aromatic N) is 1. The van der Waals surface area contributed by atoms with Crippen LogP contribution in [0.1, 0.15) is 24.2 Å². The molecule has 132 valence electrons. The van der Waals surface area contributed by atoms with Crippen LogP contribution in [0, 0.1) is 0 Å². The third-order valence-electron chi connectivity index (χ3n) is 3.64. The summed E-state index contributed by atoms with van der Waals surface area (Å²) in [5.74, 6) is 0.0710. The molecule has 2 aromatic rings. The number of amides is 2. The van der Waals surface area contributed by atoms with Crippen molar-refractivity contribution >= 4 is 40.9 Å². The SMILES string of the molecule is CCN(CC)C(=O)c1cccc(NC(=O)CSc2ccccc2Cl)c1. The van der Waals surface area contributed by atoms with Crippen LogP contribution in [0.2, 0.25) is 5.02 Å². The van der Waals surface area contributed by atoms with Crippen molar-refractivity contribution in [3.63, 3.8) is 0 Å². The van der Waals surface area contributed by atoms with Crippen molar-refractivity contribution in [1.29, 1.82) is 0 Å². The largest absolute Gasteiger partial charge is 0.339 e. The molecule has 25 heavy (non-hydrogen) atoms. The standard InChI is InChI=1S/C19H21ClN2O2S/c1-3-22(4-2)19(24)14-8-7-9-15(12-14)21-18(23)13-25-17-11-6-5-10-16(17)20/h5-12H,3-4,13H2,1-2H3,(H,21,23). The highest BCUT2D eigenvalue weighted by atomic mass is 35.5. The quantitative estimate of drug-likeness (QED) is 0.721. The van der Waals surface area contributed by atoms with Crippen LogP contribution in [-0.4, -0.2) is 35.6 Å². The fourth-order valence-corrected chi connectivity index (χ4v) is 3.36. The van der Waals surface area contributed by atoms with Gasteiger partial charge in [0.15, 0.2) is 0 Å². The van der Waals surface area contributed by atoms with Crippen molar-refractivity contribution < 1.29 is 9.59 Å². The molecule has 0 fully saturated rings. The number of benzene rings is 2. The first-order chi connectivity index (χ1) is 12.0. The van der Waals surface area contributed by atoms with Gasteiger partial charge in [-0.15, -0.1) is 11.8 Å². The van der Waals surface area contributed by atoms with Gasteiger partial charge in [0.1, 0.15) is 0 Å². The number of carbonyl (C=O) groups is 2. The van der Waals surface area contributed by atoms with Gasteiger partial charge in [-0.05, 0) is 44.2 Å². The monoisotopic (exact) mass is 376 g/mol. The smallest absolute Gasteiger partial charge is 0.253 e. The molecule has 4 nitrogen and oxygen atoms in total. The van der Waals surface area contributed by atoms with Gasteiger partial charge in [-0.1, -0.05) is 29.8 Å². The van der Waals surface area contributed by atoms with Gasteiger partial charge in [0.2, 0.25) is 5.91 Å². The third-order valence-corrected chi connectivity index (χ3v) is 5.15. The summed E-state index contributed by atoms with van der Waals surface area (Å²) in [6, 6.07) is 14.4. The summed E-state index contributed by atoms with van der Waals surface area (Å²) >= 11 is 7.46. The molecule has 0 spiro atoms. The molecule has 0 aliphatic carbocycles. The number of hydrogen-bond donors (Lipinski definition) is 1. The minimum atomic E-state index is -0.141. The second kappa shape index (κ2) is 9.49. The summed E-state index contributed by atoms with van der Waals surface area (Å²) in [7, 11) is 0. The molecule has 0 radical (unpaired) electrons. The summed E-state index contributed by atoms with van der Waals surface area (Å²) in [4.78, 5) is 27.2. The lowest BCUT2D eigenvalue weighted by atomic mass is 10.1. The molecular formula is C19H21ClN2O2S. The molecule has 0 bridgehead atoms. The van der Waals surface area contributed by atoms with E-state index in [0.29, 0.717) is 29.4 Å². The van der Waals surface area contributed by atoms with Crippen LogP contribution in [0.5, 0.6) is 0 Å². The molecule has 2 amide bonds. The first-order valence-corrected chi connectivity index (χ1v) is 9.48. The Hall–Kier alpha value is -1.98. The van der Waals surface area contributed by atoms with Gasteiger partial charge in [-0.2, -0.15) is 0 Å². The molecule has 1 N–H and O–H groups in total. The Kier molecular flexibility index (Phi) is 7.34. The second-order valence-electron chi connectivity index (χ2n) is 5.33. The lowest BCUT2D eigenvalue weighted by molar-refractivity contribution is -0.113. The van der Waals surface area contributed by atoms with Crippen molar-refractivity contribution in [3.8, 4) is 0 Å². The molecule has 0 aromatic heterocycles. The topological polar surface area (TPSA) is 49.4 Å². The predicted molar refractivity (Wildman–Crippen MR) is 104 cm³/mol. The van der Waals surface area contributed by atoms with E-state index in [2.05, 4.69) is 5.32 Å². The van der Waals surface area contributed by atoms with Crippen LogP contribution in [0.3, 0.4) is 0 Å². The van der Waals surface area contributed by atoms with Crippen LogP contribution in [-0.2, 0) is 4.79 Å². The Bertz CT molecular complexity index is 748. The minimum Gasteiger partial charge on any atom is -0.339 e. The highest BCUT2D eigenvalue weighted by Crippen LogP contribution is 2.26. The number of anilines is 1. The van der Waals surface area contributed by atoms with Gasteiger partial charge in [0, 0.05) is 29.2 Å². The first kappa shape index (κ1) is 19.3. The average Bonchev–Trinajstić information content (AvgIpc) is 2.62. The summed E-state index contributed by atoms with van der Waals surface area (Å²) < 4.78 is 0. The first-order valence-electron chi connectivity index (χ1n) is 8.11. The fourth-order valence-electron chi connectivity index (χ4n) is 2.33. The highest BCUT2D eigenvalue weighted by molar-refractivity contribution is 8.00. The Morgan fingerprint density at radius 2 is 1.80 bits per heavy atom. The Morgan fingerprint density at radius 3 is 2.48 bits per heavy atom. The zero-order valence-corrected chi connectivity index (χ0v) is 15.9. The normalized spacial score (nSPS) is 10.4. The number of nitrogens with one attached hydrogen (secondary N) is 1. The molecule has 0 atom stereocenters. The Balaban J connectivity index is 1.98. The van der Waals surface area contributed by atoms with E-state index in [0.717, 1.165) is 4.90 Å². The van der Waals surface area contributed by atoms with Crippen molar-refractivity contribution in [1.82, 2.24) is 4.90 Å². The van der Waals surface area contributed by atoms with Crippen LogP contribution in [0.25, 0.3) is 0 Å². The van der Waals surface area contributed by atoms with Gasteiger partial charge in [0.25, 0.3) is 5.91 Å². The van der Waals surface area contributed by atoms with Gasteiger partial charge in [-0.3, -0.25) is 9.59 Å². The molecule has 0 aliphatic heterocycles.